The largest absolute Gasteiger partial charge is 0.393 e. The van der Waals surface area contributed by atoms with E-state index in [1.165, 1.54) is 6.07 Å². The van der Waals surface area contributed by atoms with Gasteiger partial charge >= 0.3 is 0 Å². The summed E-state index contributed by atoms with van der Waals surface area (Å²) in [5.41, 5.74) is 1.44. The lowest BCUT2D eigenvalue weighted by Gasteiger charge is -2.31. The van der Waals surface area contributed by atoms with Crippen molar-refractivity contribution < 1.29 is 9.50 Å². The van der Waals surface area contributed by atoms with Gasteiger partial charge in [0.2, 0.25) is 5.95 Å². The van der Waals surface area contributed by atoms with E-state index in [9.17, 15) is 9.50 Å². The predicted octanol–water partition coefficient (Wildman–Crippen LogP) is 2.19. The van der Waals surface area contributed by atoms with Crippen LogP contribution < -0.4 is 10.2 Å². The molecule has 22 heavy (non-hydrogen) atoms. The van der Waals surface area contributed by atoms with Crippen molar-refractivity contribution in [1.29, 1.82) is 0 Å². The van der Waals surface area contributed by atoms with Crippen molar-refractivity contribution in [2.75, 3.05) is 23.3 Å². The van der Waals surface area contributed by atoms with E-state index in [2.05, 4.69) is 15.3 Å². The molecular formula is C16H19FN4O. The fraction of sp³-hybridized carbons (Fsp3) is 0.375. The fourth-order valence-electron chi connectivity index (χ4n) is 2.60. The molecule has 2 heterocycles. The number of aliphatic hydroxyl groups excluding tert-OH is 1. The third-order valence-electron chi connectivity index (χ3n) is 3.83. The van der Waals surface area contributed by atoms with Crippen molar-refractivity contribution in [2.45, 2.75) is 25.5 Å². The van der Waals surface area contributed by atoms with Crippen LogP contribution in [0.1, 0.15) is 18.4 Å². The first-order chi connectivity index (χ1) is 10.7. The Labute approximate surface area is 128 Å². The number of piperidine rings is 1. The third kappa shape index (κ3) is 3.51. The molecule has 0 radical (unpaired) electrons. The van der Waals surface area contributed by atoms with Gasteiger partial charge in [0.05, 0.1) is 11.8 Å². The van der Waals surface area contributed by atoms with Gasteiger partial charge < -0.3 is 15.3 Å². The Kier molecular flexibility index (Phi) is 4.48. The number of nitrogens with zero attached hydrogens (tertiary/aromatic N) is 3. The molecule has 116 valence electrons. The van der Waals surface area contributed by atoms with E-state index in [1.54, 1.807) is 24.5 Å². The minimum Gasteiger partial charge on any atom is -0.393 e. The zero-order chi connectivity index (χ0) is 15.4. The Hall–Kier alpha value is -2.21. The molecule has 5 nitrogen and oxygen atoms in total. The molecule has 0 amide bonds. The van der Waals surface area contributed by atoms with Gasteiger partial charge in [-0.2, -0.15) is 0 Å². The molecule has 0 atom stereocenters. The zero-order valence-corrected chi connectivity index (χ0v) is 12.2. The topological polar surface area (TPSA) is 61.3 Å². The van der Waals surface area contributed by atoms with Crippen LogP contribution in [0.2, 0.25) is 0 Å². The Bertz CT molecular complexity index is 615. The van der Waals surface area contributed by atoms with Crippen LogP contribution in [0.15, 0.2) is 36.7 Å². The maximum Gasteiger partial charge on any atom is 0.222 e. The number of hydrogen-bond donors (Lipinski definition) is 2. The van der Waals surface area contributed by atoms with Crippen molar-refractivity contribution in [3.05, 3.63) is 48.0 Å². The smallest absolute Gasteiger partial charge is 0.222 e. The van der Waals surface area contributed by atoms with Crippen LogP contribution in [-0.2, 0) is 6.54 Å². The van der Waals surface area contributed by atoms with Crippen molar-refractivity contribution in [1.82, 2.24) is 9.97 Å². The van der Waals surface area contributed by atoms with Crippen LogP contribution in [0, 0.1) is 5.82 Å². The summed E-state index contributed by atoms with van der Waals surface area (Å²) in [4.78, 5) is 10.1. The van der Waals surface area contributed by atoms with Gasteiger partial charge in [0, 0.05) is 32.0 Å². The summed E-state index contributed by atoms with van der Waals surface area (Å²) in [5, 5.41) is 12.6. The summed E-state index contributed by atoms with van der Waals surface area (Å²) in [6, 6.07) is 6.99. The molecule has 0 aliphatic carbocycles. The molecule has 1 aliphatic rings. The second kappa shape index (κ2) is 6.70. The Morgan fingerprint density at radius 3 is 2.64 bits per heavy atom. The maximum atomic E-state index is 14.3. The average Bonchev–Trinajstić information content (AvgIpc) is 2.55. The lowest BCUT2D eigenvalue weighted by Crippen LogP contribution is -2.36. The summed E-state index contributed by atoms with van der Waals surface area (Å²) in [6.07, 6.45) is 4.43. The highest BCUT2D eigenvalue weighted by molar-refractivity contribution is 5.50. The van der Waals surface area contributed by atoms with Gasteiger partial charge in [0.1, 0.15) is 5.82 Å². The number of halogens is 1. The zero-order valence-electron chi connectivity index (χ0n) is 12.2. The first-order valence-electron chi connectivity index (χ1n) is 7.45. The molecule has 1 aromatic heterocycles. The van der Waals surface area contributed by atoms with Gasteiger partial charge in [-0.05, 0) is 36.6 Å². The van der Waals surface area contributed by atoms with E-state index in [0.29, 0.717) is 44.1 Å². The van der Waals surface area contributed by atoms with Gasteiger partial charge in [-0.3, -0.25) is 0 Å². The van der Waals surface area contributed by atoms with Crippen molar-refractivity contribution >= 4 is 11.6 Å². The third-order valence-corrected chi connectivity index (χ3v) is 3.83. The molecule has 0 saturated carbocycles. The molecule has 1 saturated heterocycles. The van der Waals surface area contributed by atoms with Crippen LogP contribution in [-0.4, -0.2) is 34.3 Å². The van der Waals surface area contributed by atoms with E-state index in [-0.39, 0.29) is 11.9 Å². The maximum absolute atomic E-state index is 14.3. The first kappa shape index (κ1) is 14.7. The minimum atomic E-state index is -0.256. The number of hydrogen-bond acceptors (Lipinski definition) is 5. The number of anilines is 2. The van der Waals surface area contributed by atoms with Crippen molar-refractivity contribution in [2.24, 2.45) is 0 Å². The highest BCUT2D eigenvalue weighted by Crippen LogP contribution is 2.24. The van der Waals surface area contributed by atoms with Crippen LogP contribution in [0.4, 0.5) is 16.0 Å². The van der Waals surface area contributed by atoms with Gasteiger partial charge in [0.25, 0.3) is 0 Å². The number of benzene rings is 1. The predicted molar refractivity (Wildman–Crippen MR) is 83.2 cm³/mol. The Morgan fingerprint density at radius 1 is 1.23 bits per heavy atom. The molecule has 0 bridgehead atoms. The van der Waals surface area contributed by atoms with Gasteiger partial charge in [-0.1, -0.05) is 6.07 Å². The van der Waals surface area contributed by atoms with Crippen molar-refractivity contribution in [3.63, 3.8) is 0 Å². The summed E-state index contributed by atoms with van der Waals surface area (Å²) >= 11 is 0. The molecule has 0 spiro atoms. The molecule has 1 aliphatic heterocycles. The lowest BCUT2D eigenvalue weighted by atomic mass is 10.1. The van der Waals surface area contributed by atoms with Crippen LogP contribution in [0.5, 0.6) is 0 Å². The van der Waals surface area contributed by atoms with Crippen LogP contribution in [0.3, 0.4) is 0 Å². The van der Waals surface area contributed by atoms with E-state index in [1.807, 2.05) is 11.0 Å². The van der Waals surface area contributed by atoms with E-state index in [0.717, 1.165) is 5.56 Å². The number of aromatic nitrogens is 2. The summed E-state index contributed by atoms with van der Waals surface area (Å²) < 4.78 is 14.3. The molecule has 0 unspecified atom stereocenters. The SMILES string of the molecule is OC1CCN(c2ccc(CNc3ncccn3)cc2F)CC1. The number of nitrogens with one attached hydrogen (secondary N) is 1. The molecule has 1 aromatic carbocycles. The van der Waals surface area contributed by atoms with Gasteiger partial charge in [-0.25, -0.2) is 14.4 Å². The monoisotopic (exact) mass is 302 g/mol. The molecular weight excluding hydrogens is 283 g/mol. The second-order valence-electron chi connectivity index (χ2n) is 5.43. The number of aliphatic hydroxyl groups is 1. The van der Waals surface area contributed by atoms with E-state index in [4.69, 9.17) is 0 Å². The lowest BCUT2D eigenvalue weighted by molar-refractivity contribution is 0.145. The average molecular weight is 302 g/mol. The fourth-order valence-corrected chi connectivity index (χ4v) is 2.60. The summed E-state index contributed by atoms with van der Waals surface area (Å²) in [7, 11) is 0. The van der Waals surface area contributed by atoms with Gasteiger partial charge in [0.15, 0.2) is 0 Å². The van der Waals surface area contributed by atoms with E-state index < -0.39 is 0 Å². The highest BCUT2D eigenvalue weighted by atomic mass is 19.1. The quantitative estimate of drug-likeness (QED) is 0.906. The second-order valence-corrected chi connectivity index (χ2v) is 5.43. The molecule has 2 N–H and O–H groups in total. The summed E-state index contributed by atoms with van der Waals surface area (Å²) in [6.45, 7) is 1.85. The standard InChI is InChI=1S/C16H19FN4O/c17-14-10-12(11-20-16-18-6-1-7-19-16)2-3-15(14)21-8-4-13(22)5-9-21/h1-3,6-7,10,13,22H,4-5,8-9,11H2,(H,18,19,20). The highest BCUT2D eigenvalue weighted by Gasteiger charge is 2.19. The summed E-state index contributed by atoms with van der Waals surface area (Å²) in [5.74, 6) is 0.293. The Morgan fingerprint density at radius 2 is 1.95 bits per heavy atom. The minimum absolute atomic E-state index is 0.232. The molecule has 1 fully saturated rings. The van der Waals surface area contributed by atoms with E-state index >= 15 is 0 Å². The molecule has 2 aromatic rings. The normalized spacial score (nSPS) is 15.8. The first-order valence-corrected chi connectivity index (χ1v) is 7.45. The van der Waals surface area contributed by atoms with Gasteiger partial charge in [-0.15, -0.1) is 0 Å². The van der Waals surface area contributed by atoms with Crippen molar-refractivity contribution in [3.8, 4) is 0 Å². The molecule has 6 heteroatoms. The number of rotatable bonds is 4. The van der Waals surface area contributed by atoms with Crippen LogP contribution in [0.25, 0.3) is 0 Å². The van der Waals surface area contributed by atoms with Crippen LogP contribution >= 0.6 is 0 Å². The Balaban J connectivity index is 1.64. The molecule has 3 rings (SSSR count).